The second-order valence-corrected chi connectivity index (χ2v) is 6.67. The fourth-order valence-corrected chi connectivity index (χ4v) is 2.62. The third-order valence-electron chi connectivity index (χ3n) is 4.61. The van der Waals surface area contributed by atoms with E-state index in [9.17, 15) is 15.3 Å². The quantitative estimate of drug-likeness (QED) is 0.341. The van der Waals surface area contributed by atoms with E-state index < -0.39 is 11.5 Å². The molecule has 2 aliphatic rings. The van der Waals surface area contributed by atoms with E-state index in [0.29, 0.717) is 0 Å². The van der Waals surface area contributed by atoms with Crippen LogP contribution in [-0.2, 0) is 9.47 Å². The number of hydrogen-bond acceptors (Lipinski definition) is 7. The molecule has 0 bridgehead atoms. The van der Waals surface area contributed by atoms with Gasteiger partial charge in [-0.25, -0.2) is 0 Å². The molecule has 0 aromatic carbocycles. The summed E-state index contributed by atoms with van der Waals surface area (Å²) in [4.78, 5) is 0. The van der Waals surface area contributed by atoms with Crippen molar-refractivity contribution in [1.82, 2.24) is 0 Å². The molecular formula is C15H30O7. The van der Waals surface area contributed by atoms with Crippen LogP contribution in [0.15, 0.2) is 0 Å². The summed E-state index contributed by atoms with van der Waals surface area (Å²) in [5, 5.41) is 44.7. The maximum Gasteiger partial charge on any atom is 0.0815 e. The lowest BCUT2D eigenvalue weighted by atomic mass is 9.61. The first-order valence-corrected chi connectivity index (χ1v) is 7.71. The molecule has 2 rings (SSSR count). The Hall–Kier alpha value is -0.280. The van der Waals surface area contributed by atoms with Gasteiger partial charge in [-0.05, 0) is 25.2 Å². The first-order chi connectivity index (χ1) is 10.4. The maximum absolute atomic E-state index is 9.58. The van der Waals surface area contributed by atoms with Gasteiger partial charge in [-0.1, -0.05) is 6.92 Å². The van der Waals surface area contributed by atoms with E-state index >= 15 is 0 Å². The topological polar surface area (TPSA) is 126 Å². The molecule has 2 heterocycles. The van der Waals surface area contributed by atoms with E-state index in [1.54, 1.807) is 0 Å². The van der Waals surface area contributed by atoms with Crippen LogP contribution in [0.2, 0.25) is 0 Å². The normalized spacial score (nSPS) is 27.4. The van der Waals surface area contributed by atoms with E-state index in [1.165, 1.54) is 6.92 Å². The molecule has 0 spiro atoms. The lowest BCUT2D eigenvalue weighted by molar-refractivity contribution is -0.0980. The number of hydrogen-bond donors (Lipinski definition) is 5. The Morgan fingerprint density at radius 3 is 1.45 bits per heavy atom. The van der Waals surface area contributed by atoms with Crippen LogP contribution in [0, 0.1) is 10.8 Å². The summed E-state index contributed by atoms with van der Waals surface area (Å²) < 4.78 is 10.5. The van der Waals surface area contributed by atoms with Gasteiger partial charge in [0.1, 0.15) is 0 Å². The summed E-state index contributed by atoms with van der Waals surface area (Å²) in [6, 6.07) is 0. The Morgan fingerprint density at radius 1 is 0.955 bits per heavy atom. The molecule has 5 N–H and O–H groups in total. The molecule has 132 valence electrons. The number of rotatable bonds is 9. The largest absolute Gasteiger partial charge is 0.396 e. The Labute approximate surface area is 131 Å². The average Bonchev–Trinajstić information content (AvgIpc) is 3.39. The van der Waals surface area contributed by atoms with Crippen LogP contribution in [-0.4, -0.2) is 83.5 Å². The smallest absolute Gasteiger partial charge is 0.0815 e. The molecule has 2 fully saturated rings. The molecule has 0 radical (unpaired) electrons. The van der Waals surface area contributed by atoms with Gasteiger partial charge in [0.15, 0.2) is 0 Å². The SMILES string of the molecule is CC(CC1CO1)(CC1CO1)C(CO)(CO)CO.CC(O)CO. The summed E-state index contributed by atoms with van der Waals surface area (Å²) in [6.45, 7) is 4.18. The Kier molecular flexibility index (Phi) is 7.67. The zero-order chi connectivity index (χ0) is 16.8. The molecule has 0 saturated carbocycles. The molecule has 3 atom stereocenters. The van der Waals surface area contributed by atoms with Gasteiger partial charge in [-0.3, -0.25) is 0 Å². The standard InChI is InChI=1S/C12H22O5.C3H8O2/c1-11(2-9-4-16-9,3-10-5-17-10)12(6-13,7-14)8-15;1-3(5)2-4/h9-10,13-15H,2-8H2,1H3;3-5H,2H2,1H3. The molecule has 0 amide bonds. The fourth-order valence-electron chi connectivity index (χ4n) is 2.62. The minimum Gasteiger partial charge on any atom is -0.396 e. The van der Waals surface area contributed by atoms with Gasteiger partial charge in [-0.2, -0.15) is 0 Å². The van der Waals surface area contributed by atoms with Crippen molar-refractivity contribution < 1.29 is 35.0 Å². The third-order valence-corrected chi connectivity index (χ3v) is 4.61. The average molecular weight is 322 g/mol. The van der Waals surface area contributed by atoms with Gasteiger partial charge >= 0.3 is 0 Å². The van der Waals surface area contributed by atoms with E-state index in [0.717, 1.165) is 26.1 Å². The predicted molar refractivity (Wildman–Crippen MR) is 79.3 cm³/mol. The Morgan fingerprint density at radius 2 is 1.27 bits per heavy atom. The highest BCUT2D eigenvalue weighted by Crippen LogP contribution is 2.49. The monoisotopic (exact) mass is 322 g/mol. The number of ether oxygens (including phenoxy) is 2. The van der Waals surface area contributed by atoms with Crippen molar-refractivity contribution in [2.75, 3.05) is 39.6 Å². The van der Waals surface area contributed by atoms with Gasteiger partial charge in [0.05, 0.1) is 58.0 Å². The molecule has 2 aliphatic heterocycles. The highest BCUT2D eigenvalue weighted by atomic mass is 16.6. The lowest BCUT2D eigenvalue weighted by Crippen LogP contribution is -2.50. The molecule has 0 aromatic heterocycles. The van der Waals surface area contributed by atoms with Crippen LogP contribution in [0.1, 0.15) is 26.7 Å². The highest BCUT2D eigenvalue weighted by Gasteiger charge is 2.52. The van der Waals surface area contributed by atoms with Crippen molar-refractivity contribution in [3.05, 3.63) is 0 Å². The van der Waals surface area contributed by atoms with Crippen molar-refractivity contribution >= 4 is 0 Å². The molecule has 7 heteroatoms. The lowest BCUT2D eigenvalue weighted by Gasteiger charge is -2.45. The van der Waals surface area contributed by atoms with Gasteiger partial charge in [-0.15, -0.1) is 0 Å². The fraction of sp³-hybridized carbons (Fsp3) is 1.00. The van der Waals surface area contributed by atoms with E-state index in [1.807, 2.05) is 6.92 Å². The van der Waals surface area contributed by atoms with Crippen LogP contribution >= 0.6 is 0 Å². The van der Waals surface area contributed by atoms with Crippen molar-refractivity contribution in [3.8, 4) is 0 Å². The second kappa shape index (κ2) is 8.54. The molecule has 7 nitrogen and oxygen atoms in total. The zero-order valence-corrected chi connectivity index (χ0v) is 13.4. The molecule has 2 saturated heterocycles. The summed E-state index contributed by atoms with van der Waals surface area (Å²) in [6.07, 6.45) is 1.32. The second-order valence-electron chi connectivity index (χ2n) is 6.67. The highest BCUT2D eigenvalue weighted by molar-refractivity contribution is 5.00. The van der Waals surface area contributed by atoms with E-state index in [4.69, 9.17) is 19.7 Å². The van der Waals surface area contributed by atoms with E-state index in [-0.39, 0.29) is 44.1 Å². The van der Waals surface area contributed by atoms with Crippen molar-refractivity contribution in [3.63, 3.8) is 0 Å². The van der Waals surface area contributed by atoms with Crippen LogP contribution < -0.4 is 0 Å². The van der Waals surface area contributed by atoms with Gasteiger partial charge in [0.25, 0.3) is 0 Å². The summed E-state index contributed by atoms with van der Waals surface area (Å²) in [7, 11) is 0. The van der Waals surface area contributed by atoms with Crippen molar-refractivity contribution in [2.24, 2.45) is 10.8 Å². The maximum atomic E-state index is 9.58. The molecular weight excluding hydrogens is 292 g/mol. The Balaban J connectivity index is 0.000000422. The number of aliphatic hydroxyl groups excluding tert-OH is 5. The first kappa shape index (κ1) is 19.8. The van der Waals surface area contributed by atoms with Crippen molar-refractivity contribution in [1.29, 1.82) is 0 Å². The van der Waals surface area contributed by atoms with Gasteiger partial charge in [0.2, 0.25) is 0 Å². The number of aliphatic hydroxyl groups is 5. The molecule has 3 unspecified atom stereocenters. The van der Waals surface area contributed by atoms with Crippen molar-refractivity contribution in [2.45, 2.75) is 45.0 Å². The third kappa shape index (κ3) is 5.42. The first-order valence-electron chi connectivity index (χ1n) is 7.71. The summed E-state index contributed by atoms with van der Waals surface area (Å²) in [5.41, 5.74) is -1.24. The van der Waals surface area contributed by atoms with Crippen LogP contribution in [0.25, 0.3) is 0 Å². The van der Waals surface area contributed by atoms with Crippen LogP contribution in [0.5, 0.6) is 0 Å². The molecule has 0 aromatic rings. The van der Waals surface area contributed by atoms with Gasteiger partial charge in [0, 0.05) is 5.41 Å². The predicted octanol–water partition coefficient (Wildman–Crippen LogP) is -1.11. The molecule has 0 aliphatic carbocycles. The number of epoxide rings is 2. The summed E-state index contributed by atoms with van der Waals surface area (Å²) in [5.74, 6) is 0. The minimum atomic E-state index is -0.870. The Bertz CT molecular complexity index is 287. The summed E-state index contributed by atoms with van der Waals surface area (Å²) >= 11 is 0. The van der Waals surface area contributed by atoms with E-state index in [2.05, 4.69) is 0 Å². The minimum absolute atomic E-state index is 0.139. The molecule has 22 heavy (non-hydrogen) atoms. The van der Waals surface area contributed by atoms with Gasteiger partial charge < -0.3 is 35.0 Å². The zero-order valence-electron chi connectivity index (χ0n) is 13.4. The van der Waals surface area contributed by atoms with Crippen LogP contribution in [0.3, 0.4) is 0 Å². The van der Waals surface area contributed by atoms with Crippen LogP contribution in [0.4, 0.5) is 0 Å².